The number of nitrogens with zero attached hydrogens (tertiary/aromatic N) is 1. The first-order valence-corrected chi connectivity index (χ1v) is 5.30. The van der Waals surface area contributed by atoms with E-state index in [1.54, 1.807) is 4.90 Å². The van der Waals surface area contributed by atoms with Crippen LogP contribution in [0.4, 0.5) is 4.79 Å². The zero-order valence-corrected chi connectivity index (χ0v) is 9.29. The molecule has 1 fully saturated rings. The minimum atomic E-state index is -0.357. The van der Waals surface area contributed by atoms with Gasteiger partial charge in [-0.2, -0.15) is 0 Å². The lowest BCUT2D eigenvalue weighted by Crippen LogP contribution is -2.36. The lowest BCUT2D eigenvalue weighted by molar-refractivity contribution is 0.0139. The Kier molecular flexibility index (Phi) is 4.48. The van der Waals surface area contributed by atoms with Gasteiger partial charge < -0.3 is 14.4 Å². The first-order valence-electron chi connectivity index (χ1n) is 4.76. The summed E-state index contributed by atoms with van der Waals surface area (Å²) in [6.45, 7) is 5.19. The second-order valence-electron chi connectivity index (χ2n) is 3.51. The topological polar surface area (TPSA) is 38.8 Å². The van der Waals surface area contributed by atoms with Gasteiger partial charge in [-0.1, -0.05) is 11.6 Å². The van der Waals surface area contributed by atoms with Crippen molar-refractivity contribution in [2.75, 3.05) is 19.2 Å². The van der Waals surface area contributed by atoms with Gasteiger partial charge in [-0.3, -0.25) is 0 Å². The van der Waals surface area contributed by atoms with Gasteiger partial charge in [-0.05, 0) is 20.3 Å². The molecule has 1 aliphatic heterocycles. The van der Waals surface area contributed by atoms with E-state index in [1.807, 2.05) is 13.8 Å². The third kappa shape index (κ3) is 3.35. The molecule has 0 radical (unpaired) electrons. The summed E-state index contributed by atoms with van der Waals surface area (Å²) in [5, 5.41) is 0. The monoisotopic (exact) mass is 221 g/mol. The highest BCUT2D eigenvalue weighted by atomic mass is 35.5. The molecule has 82 valence electrons. The number of hydrogen-bond donors (Lipinski definition) is 0. The Labute approximate surface area is 89.1 Å². The fourth-order valence-corrected chi connectivity index (χ4v) is 1.64. The standard InChI is InChI=1S/C9H16ClNO3/c1-7-3-4-11(5-8(2)14-7)9(12)13-6-10/h7-8H,3-6H2,1-2H3. The number of alkyl halides is 1. The van der Waals surface area contributed by atoms with Gasteiger partial charge in [0.25, 0.3) is 0 Å². The van der Waals surface area contributed by atoms with Crippen molar-refractivity contribution in [1.29, 1.82) is 0 Å². The molecule has 1 saturated heterocycles. The van der Waals surface area contributed by atoms with Crippen LogP contribution in [0.25, 0.3) is 0 Å². The third-order valence-corrected chi connectivity index (χ3v) is 2.29. The summed E-state index contributed by atoms with van der Waals surface area (Å²) in [6, 6.07) is -0.0971. The average Bonchev–Trinajstić information content (AvgIpc) is 2.27. The number of hydrogen-bond acceptors (Lipinski definition) is 3. The van der Waals surface area contributed by atoms with E-state index in [0.29, 0.717) is 13.1 Å². The first kappa shape index (κ1) is 11.6. The maximum atomic E-state index is 11.4. The summed E-state index contributed by atoms with van der Waals surface area (Å²) in [4.78, 5) is 13.0. The Bertz CT molecular complexity index is 200. The average molecular weight is 222 g/mol. The van der Waals surface area contributed by atoms with E-state index in [2.05, 4.69) is 0 Å². The van der Waals surface area contributed by atoms with Crippen LogP contribution in [0, 0.1) is 0 Å². The summed E-state index contributed by atoms with van der Waals surface area (Å²) < 4.78 is 10.3. The van der Waals surface area contributed by atoms with Crippen LogP contribution < -0.4 is 0 Å². The predicted molar refractivity (Wildman–Crippen MR) is 53.4 cm³/mol. The summed E-state index contributed by atoms with van der Waals surface area (Å²) in [5.74, 6) is 0. The fourth-order valence-electron chi connectivity index (χ4n) is 1.55. The van der Waals surface area contributed by atoms with Crippen LogP contribution in [0.3, 0.4) is 0 Å². The fraction of sp³-hybridized carbons (Fsp3) is 0.889. The molecule has 1 rings (SSSR count). The van der Waals surface area contributed by atoms with Crippen LogP contribution in [0.5, 0.6) is 0 Å². The summed E-state index contributed by atoms with van der Waals surface area (Å²) in [6.07, 6.45) is 0.723. The molecular weight excluding hydrogens is 206 g/mol. The van der Waals surface area contributed by atoms with E-state index < -0.39 is 0 Å². The highest BCUT2D eigenvalue weighted by molar-refractivity contribution is 6.17. The quantitative estimate of drug-likeness (QED) is 0.634. The second-order valence-corrected chi connectivity index (χ2v) is 3.73. The number of halogens is 1. The molecule has 14 heavy (non-hydrogen) atoms. The van der Waals surface area contributed by atoms with Gasteiger partial charge in [-0.25, -0.2) is 4.79 Å². The minimum absolute atomic E-state index is 0.0513. The Balaban J connectivity index is 2.48. The van der Waals surface area contributed by atoms with Gasteiger partial charge in [0.15, 0.2) is 6.07 Å². The molecule has 0 N–H and O–H groups in total. The van der Waals surface area contributed by atoms with E-state index in [4.69, 9.17) is 21.1 Å². The maximum Gasteiger partial charge on any atom is 0.411 e. The molecule has 0 aromatic carbocycles. The van der Waals surface area contributed by atoms with Crippen molar-refractivity contribution in [3.8, 4) is 0 Å². The number of rotatable bonds is 1. The smallest absolute Gasteiger partial charge is 0.411 e. The number of ether oxygens (including phenoxy) is 2. The van der Waals surface area contributed by atoms with Gasteiger partial charge >= 0.3 is 6.09 Å². The molecule has 1 amide bonds. The molecule has 0 bridgehead atoms. The van der Waals surface area contributed by atoms with Crippen molar-refractivity contribution < 1.29 is 14.3 Å². The lowest BCUT2D eigenvalue weighted by Gasteiger charge is -2.20. The van der Waals surface area contributed by atoms with Crippen LogP contribution in [-0.2, 0) is 9.47 Å². The predicted octanol–water partition coefficient (Wildman–Crippen LogP) is 1.82. The Hall–Kier alpha value is -0.480. The van der Waals surface area contributed by atoms with E-state index >= 15 is 0 Å². The Morgan fingerprint density at radius 3 is 2.93 bits per heavy atom. The normalized spacial score (nSPS) is 28.4. The SMILES string of the molecule is CC1CCN(C(=O)OCCl)CC(C)O1. The molecule has 1 aliphatic rings. The Morgan fingerprint density at radius 1 is 1.57 bits per heavy atom. The van der Waals surface area contributed by atoms with Crippen molar-refractivity contribution in [1.82, 2.24) is 4.90 Å². The first-order chi connectivity index (χ1) is 6.63. The highest BCUT2D eigenvalue weighted by Gasteiger charge is 2.23. The Morgan fingerprint density at radius 2 is 2.29 bits per heavy atom. The zero-order chi connectivity index (χ0) is 10.6. The van der Waals surface area contributed by atoms with Gasteiger partial charge in [0.1, 0.15) is 0 Å². The van der Waals surface area contributed by atoms with Crippen molar-refractivity contribution >= 4 is 17.7 Å². The minimum Gasteiger partial charge on any atom is -0.433 e. The van der Waals surface area contributed by atoms with Gasteiger partial charge in [0, 0.05) is 13.1 Å². The van der Waals surface area contributed by atoms with Crippen LogP contribution in [-0.4, -0.2) is 42.4 Å². The molecule has 0 aliphatic carbocycles. The number of carbonyl (C=O) groups excluding carboxylic acids is 1. The third-order valence-electron chi connectivity index (χ3n) is 2.18. The number of amides is 1. The lowest BCUT2D eigenvalue weighted by atomic mass is 10.3. The summed E-state index contributed by atoms with van der Waals surface area (Å²) in [5.41, 5.74) is 0. The highest BCUT2D eigenvalue weighted by Crippen LogP contribution is 2.12. The van der Waals surface area contributed by atoms with Crippen LogP contribution in [0.1, 0.15) is 20.3 Å². The van der Waals surface area contributed by atoms with Crippen LogP contribution in [0.2, 0.25) is 0 Å². The van der Waals surface area contributed by atoms with Crippen LogP contribution >= 0.6 is 11.6 Å². The number of carbonyl (C=O) groups is 1. The molecule has 0 spiro atoms. The molecule has 1 heterocycles. The molecule has 0 aromatic heterocycles. The van der Waals surface area contributed by atoms with Crippen molar-refractivity contribution in [2.45, 2.75) is 32.5 Å². The van der Waals surface area contributed by atoms with E-state index in [-0.39, 0.29) is 24.4 Å². The molecule has 0 aromatic rings. The molecule has 0 saturated carbocycles. The van der Waals surface area contributed by atoms with E-state index in [9.17, 15) is 4.79 Å². The van der Waals surface area contributed by atoms with Crippen molar-refractivity contribution in [3.63, 3.8) is 0 Å². The van der Waals surface area contributed by atoms with E-state index in [1.165, 1.54) is 0 Å². The van der Waals surface area contributed by atoms with Crippen molar-refractivity contribution in [2.24, 2.45) is 0 Å². The van der Waals surface area contributed by atoms with Gasteiger partial charge in [0.05, 0.1) is 12.2 Å². The molecule has 2 unspecified atom stereocenters. The molecular formula is C9H16ClNO3. The molecule has 2 atom stereocenters. The molecule has 5 heteroatoms. The maximum absolute atomic E-state index is 11.4. The van der Waals surface area contributed by atoms with Crippen molar-refractivity contribution in [3.05, 3.63) is 0 Å². The second kappa shape index (κ2) is 5.41. The van der Waals surface area contributed by atoms with Gasteiger partial charge in [0.2, 0.25) is 0 Å². The van der Waals surface area contributed by atoms with Crippen LogP contribution in [0.15, 0.2) is 0 Å². The molecule has 4 nitrogen and oxygen atoms in total. The summed E-state index contributed by atoms with van der Waals surface area (Å²) >= 11 is 5.32. The largest absolute Gasteiger partial charge is 0.433 e. The summed E-state index contributed by atoms with van der Waals surface area (Å²) in [7, 11) is 0. The zero-order valence-electron chi connectivity index (χ0n) is 8.53. The van der Waals surface area contributed by atoms with E-state index in [0.717, 1.165) is 6.42 Å². The van der Waals surface area contributed by atoms with Gasteiger partial charge in [-0.15, -0.1) is 0 Å².